The normalized spacial score (nSPS) is 7.20. The molecular formula is O6P2PbSn. The monoisotopic (exact) mass is 486 g/mol. The van der Waals surface area contributed by atoms with Crippen LogP contribution in [0.1, 0.15) is 0 Å². The van der Waals surface area contributed by atoms with Gasteiger partial charge >= 0.3 is 51.2 Å². The first-order chi connectivity index (χ1) is 3.46. The van der Waals surface area contributed by atoms with Gasteiger partial charge in [0, 0.05) is 0 Å². The second kappa shape index (κ2) is 17.4. The van der Waals surface area contributed by atoms with E-state index < -0.39 is 17.2 Å². The molecule has 0 aromatic rings. The molecule has 10 heavy (non-hydrogen) atoms. The summed E-state index contributed by atoms with van der Waals surface area (Å²) in [7, 11) is -6.74. The molecule has 54 valence electrons. The van der Waals surface area contributed by atoms with E-state index in [-0.39, 0.29) is 51.2 Å². The molecule has 0 rings (SSSR count). The Morgan fingerprint density at radius 3 is 0.600 bits per heavy atom. The van der Waals surface area contributed by atoms with Gasteiger partial charge in [0.15, 0.2) is 0 Å². The Bertz CT molecular complexity index is 31.2. The van der Waals surface area contributed by atoms with E-state index in [0.717, 1.165) is 0 Å². The molecule has 0 aliphatic heterocycles. The molecular weight excluding hydrogens is 484 g/mol. The van der Waals surface area contributed by atoms with Gasteiger partial charge in [0.2, 0.25) is 0 Å². The fourth-order valence-electron chi connectivity index (χ4n) is 0. The molecule has 0 spiro atoms. The second-order valence-electron chi connectivity index (χ2n) is 0.447. The van der Waals surface area contributed by atoms with Crippen LogP contribution in [0.2, 0.25) is 0 Å². The standard InChI is InChI=1S/2O3P.Pb.Sn/c2*1-4(2)3;;/q2*-3;+2;+4. The van der Waals surface area contributed by atoms with Crippen LogP contribution in [0.5, 0.6) is 0 Å². The molecule has 0 aliphatic rings. The van der Waals surface area contributed by atoms with Gasteiger partial charge in [0.05, 0.1) is 0 Å². The molecule has 0 heterocycles. The first kappa shape index (κ1) is 22.8. The van der Waals surface area contributed by atoms with Crippen molar-refractivity contribution in [2.75, 3.05) is 0 Å². The van der Waals surface area contributed by atoms with Crippen molar-refractivity contribution in [1.82, 2.24) is 0 Å². The molecule has 0 N–H and O–H groups in total. The summed E-state index contributed by atoms with van der Waals surface area (Å²) in [6.45, 7) is 0. The third-order valence-electron chi connectivity index (χ3n) is 0. The van der Waals surface area contributed by atoms with Crippen molar-refractivity contribution in [3.05, 3.63) is 0 Å². The summed E-state index contributed by atoms with van der Waals surface area (Å²) in [6, 6.07) is 0. The minimum absolute atomic E-state index is 0. The van der Waals surface area contributed by atoms with Gasteiger partial charge in [-0.3, -0.25) is 0 Å². The van der Waals surface area contributed by atoms with E-state index >= 15 is 0 Å². The van der Waals surface area contributed by atoms with E-state index in [1.54, 1.807) is 0 Å². The zero-order valence-electron chi connectivity index (χ0n) is 4.34. The summed E-state index contributed by atoms with van der Waals surface area (Å²) >= 11 is 0. The number of hydrogen-bond acceptors (Lipinski definition) is 6. The molecule has 0 unspecified atom stereocenters. The molecule has 0 aliphatic carbocycles. The van der Waals surface area contributed by atoms with Crippen LogP contribution >= 0.6 is 17.2 Å². The molecule has 0 fully saturated rings. The minimum atomic E-state index is -3.37. The van der Waals surface area contributed by atoms with Crippen LogP contribution in [0.25, 0.3) is 0 Å². The van der Waals surface area contributed by atoms with E-state index in [9.17, 15) is 0 Å². The fraction of sp³-hybridized carbons (Fsp3) is 0. The predicted octanol–water partition coefficient (Wildman–Crippen LogP) is -6.17. The first-order valence-electron chi connectivity index (χ1n) is 1.10. The van der Waals surface area contributed by atoms with Gasteiger partial charge in [-0.25, -0.2) is 0 Å². The summed E-state index contributed by atoms with van der Waals surface area (Å²) in [5.74, 6) is 0. The largest absolute Gasteiger partial charge is 4.00 e. The van der Waals surface area contributed by atoms with Crippen molar-refractivity contribution in [1.29, 1.82) is 0 Å². The minimum Gasteiger partial charge on any atom is -0.854 e. The van der Waals surface area contributed by atoms with Gasteiger partial charge in [-0.2, -0.15) is 0 Å². The summed E-state index contributed by atoms with van der Waals surface area (Å²) in [4.78, 5) is 50.9. The molecule has 0 saturated heterocycles. The Labute approximate surface area is 97.0 Å². The molecule has 10 heteroatoms. The zero-order valence-corrected chi connectivity index (χ0v) is 12.9. The van der Waals surface area contributed by atoms with E-state index in [1.165, 1.54) is 0 Å². The quantitative estimate of drug-likeness (QED) is 0.248. The Morgan fingerprint density at radius 2 is 0.600 bits per heavy atom. The molecule has 6 nitrogen and oxygen atoms in total. The maximum Gasteiger partial charge on any atom is 4.00 e. The van der Waals surface area contributed by atoms with Crippen LogP contribution in [0.4, 0.5) is 0 Å². The van der Waals surface area contributed by atoms with Crippen molar-refractivity contribution in [3.8, 4) is 0 Å². The Hall–Kier alpha value is 2.34. The summed E-state index contributed by atoms with van der Waals surface area (Å²) < 4.78 is 0. The van der Waals surface area contributed by atoms with E-state index in [4.69, 9.17) is 29.4 Å². The number of rotatable bonds is 0. The van der Waals surface area contributed by atoms with Crippen LogP contribution in [-0.2, 0) is 0 Å². The summed E-state index contributed by atoms with van der Waals surface area (Å²) in [5, 5.41) is 0. The molecule has 0 amide bonds. The first-order valence-corrected chi connectivity index (χ1v) is 3.29. The summed E-state index contributed by atoms with van der Waals surface area (Å²) in [5.41, 5.74) is 0. The van der Waals surface area contributed by atoms with E-state index in [2.05, 4.69) is 0 Å². The Kier molecular flexibility index (Phi) is 39.8. The van der Waals surface area contributed by atoms with Crippen LogP contribution < -0.4 is 29.4 Å². The van der Waals surface area contributed by atoms with E-state index in [1.807, 2.05) is 0 Å². The second-order valence-corrected chi connectivity index (χ2v) is 1.34. The molecule has 2 radical (unpaired) electrons. The van der Waals surface area contributed by atoms with Crippen molar-refractivity contribution >= 4 is 68.4 Å². The van der Waals surface area contributed by atoms with Crippen LogP contribution in [0.15, 0.2) is 0 Å². The third kappa shape index (κ3) is 165. The predicted molar refractivity (Wildman–Crippen MR) is 25.3 cm³/mol. The smallest absolute Gasteiger partial charge is 0.854 e. The average Bonchev–Trinajstić information content (AvgIpc) is 1.25. The molecule has 0 atom stereocenters. The van der Waals surface area contributed by atoms with Gasteiger partial charge < -0.3 is 46.6 Å². The average molecular weight is 484 g/mol. The fourth-order valence-corrected chi connectivity index (χ4v) is 0. The van der Waals surface area contributed by atoms with Crippen molar-refractivity contribution in [3.63, 3.8) is 0 Å². The Morgan fingerprint density at radius 1 is 0.600 bits per heavy atom. The third-order valence-corrected chi connectivity index (χ3v) is 0. The molecule has 0 bridgehead atoms. The van der Waals surface area contributed by atoms with Gasteiger partial charge in [-0.05, 0) is 0 Å². The van der Waals surface area contributed by atoms with Gasteiger partial charge in [0.25, 0.3) is 0 Å². The van der Waals surface area contributed by atoms with Crippen LogP contribution in [0, 0.1) is 0 Å². The Balaban J connectivity index is -0.0000000300. The SMILES string of the molecule is [O-]P([O-])[O-].[O-]P([O-])[O-].[Pb+2].[Sn+4]. The van der Waals surface area contributed by atoms with Crippen LogP contribution in [0.3, 0.4) is 0 Å². The number of hydrogen-bond donors (Lipinski definition) is 0. The maximum absolute atomic E-state index is 8.48. The molecule has 0 aromatic carbocycles. The van der Waals surface area contributed by atoms with Crippen molar-refractivity contribution < 1.29 is 29.4 Å². The zero-order chi connectivity index (χ0) is 7.15. The van der Waals surface area contributed by atoms with Crippen molar-refractivity contribution in [2.45, 2.75) is 0 Å². The maximum atomic E-state index is 8.48. The van der Waals surface area contributed by atoms with Gasteiger partial charge in [-0.1, -0.05) is 0 Å². The van der Waals surface area contributed by atoms with Gasteiger partial charge in [0.1, 0.15) is 0 Å². The summed E-state index contributed by atoms with van der Waals surface area (Å²) in [6.07, 6.45) is 0. The molecule has 0 aromatic heterocycles. The van der Waals surface area contributed by atoms with E-state index in [0.29, 0.717) is 0 Å². The van der Waals surface area contributed by atoms with Crippen LogP contribution in [-0.4, -0.2) is 51.2 Å². The van der Waals surface area contributed by atoms with Gasteiger partial charge in [-0.15, -0.1) is 0 Å². The van der Waals surface area contributed by atoms with Crippen molar-refractivity contribution in [2.24, 2.45) is 0 Å². The molecule has 0 saturated carbocycles. The topological polar surface area (TPSA) is 138 Å².